The highest BCUT2D eigenvalue weighted by Gasteiger charge is 2.68. The Labute approximate surface area is 247 Å². The van der Waals surface area contributed by atoms with Gasteiger partial charge in [0.2, 0.25) is 0 Å². The van der Waals surface area contributed by atoms with Gasteiger partial charge in [-0.1, -0.05) is 12.1 Å². The van der Waals surface area contributed by atoms with Crippen LogP contribution in [0.4, 0.5) is 0 Å². The molecule has 12 nitrogen and oxygen atoms in total. The maximum Gasteiger partial charge on any atom is 0.198 e. The second kappa shape index (κ2) is 10.1. The van der Waals surface area contributed by atoms with E-state index in [4.69, 9.17) is 14.2 Å². The van der Waals surface area contributed by atoms with Gasteiger partial charge in [0.1, 0.15) is 17.5 Å². The predicted octanol–water partition coefficient (Wildman–Crippen LogP) is 0.696. The second-order valence-corrected chi connectivity index (χ2v) is 12.7. The Kier molecular flexibility index (Phi) is 7.11. The van der Waals surface area contributed by atoms with Crippen LogP contribution in [0.5, 0.6) is 5.75 Å². The molecule has 0 radical (unpaired) electrons. The van der Waals surface area contributed by atoms with E-state index in [2.05, 4.69) is 0 Å². The number of ether oxygens (including phenoxy) is 3. The van der Waals surface area contributed by atoms with Crippen LogP contribution in [0.1, 0.15) is 85.3 Å². The molecule has 0 spiro atoms. The van der Waals surface area contributed by atoms with E-state index >= 15 is 0 Å². The molecule has 6 rings (SSSR count). The van der Waals surface area contributed by atoms with Gasteiger partial charge in [0, 0.05) is 42.4 Å². The minimum absolute atomic E-state index is 0.0687. The number of phenols is 1. The number of aromatic hydroxyl groups is 1. The highest BCUT2D eigenvalue weighted by molar-refractivity contribution is 6.32. The monoisotopic (exact) mass is 600 g/mol. The molecule has 6 N–H and O–H groups in total. The van der Waals surface area contributed by atoms with E-state index in [1.54, 1.807) is 13.8 Å². The maximum absolute atomic E-state index is 14.3. The summed E-state index contributed by atoms with van der Waals surface area (Å²) < 4.78 is 17.9. The number of rotatable bonds is 3. The van der Waals surface area contributed by atoms with Crippen LogP contribution < -0.4 is 0 Å². The van der Waals surface area contributed by atoms with Crippen molar-refractivity contribution in [3.63, 3.8) is 0 Å². The fourth-order valence-corrected chi connectivity index (χ4v) is 7.25. The molecule has 5 aliphatic rings. The SMILES string of the molecule is C[C@@H]1O[C@@H](O[C@]23C(=O)C[C@](C)(O)C[C@@]2(O)C=CC2=C3C(=O)c3ccc([C@H]4C[C@@H](O)[C@H](O)[C@@H](C)O4)c(O)c3C2=O)CC[C@@H]1O. The fraction of sp³-hybridized carbons (Fsp3) is 0.581. The molecular weight excluding hydrogens is 564 g/mol. The number of allylic oxidation sites excluding steroid dienone is 2. The lowest BCUT2D eigenvalue weighted by Gasteiger charge is -2.55. The zero-order chi connectivity index (χ0) is 31.2. The molecule has 2 saturated heterocycles. The minimum atomic E-state index is -2.42. The van der Waals surface area contributed by atoms with Crippen molar-refractivity contribution in [1.82, 2.24) is 0 Å². The quantitative estimate of drug-likeness (QED) is 0.284. The van der Waals surface area contributed by atoms with E-state index in [-0.39, 0.29) is 41.5 Å². The van der Waals surface area contributed by atoms with E-state index in [1.165, 1.54) is 31.2 Å². The number of aliphatic hydroxyl groups is 5. The molecule has 43 heavy (non-hydrogen) atoms. The lowest BCUT2D eigenvalue weighted by atomic mass is 9.57. The summed E-state index contributed by atoms with van der Waals surface area (Å²) in [5.74, 6) is -2.99. The van der Waals surface area contributed by atoms with E-state index in [9.17, 15) is 45.0 Å². The van der Waals surface area contributed by atoms with E-state index in [0.717, 1.165) is 0 Å². The zero-order valence-electron chi connectivity index (χ0n) is 24.0. The van der Waals surface area contributed by atoms with E-state index in [0.29, 0.717) is 0 Å². The minimum Gasteiger partial charge on any atom is -0.507 e. The first-order valence-electron chi connectivity index (χ1n) is 14.5. The van der Waals surface area contributed by atoms with Gasteiger partial charge < -0.3 is 44.8 Å². The van der Waals surface area contributed by atoms with Crippen LogP contribution in [0.15, 0.2) is 35.4 Å². The Morgan fingerprint density at radius 2 is 1.67 bits per heavy atom. The molecule has 1 saturated carbocycles. The zero-order valence-corrected chi connectivity index (χ0v) is 24.0. The van der Waals surface area contributed by atoms with Crippen molar-refractivity contribution < 1.29 is 59.2 Å². The summed E-state index contributed by atoms with van der Waals surface area (Å²) in [6.07, 6.45) is -4.75. The molecule has 10 atom stereocenters. The number of ketones is 3. The van der Waals surface area contributed by atoms with Gasteiger partial charge in [0.25, 0.3) is 0 Å². The first kappa shape index (κ1) is 30.2. The number of Topliss-reactive ketones (excluding diaryl/α,β-unsaturated/α-hetero) is 3. The van der Waals surface area contributed by atoms with Gasteiger partial charge in [-0.15, -0.1) is 0 Å². The van der Waals surface area contributed by atoms with Crippen LogP contribution in [0, 0.1) is 0 Å². The predicted molar refractivity (Wildman–Crippen MR) is 146 cm³/mol. The van der Waals surface area contributed by atoms with Gasteiger partial charge >= 0.3 is 0 Å². The summed E-state index contributed by atoms with van der Waals surface area (Å²) in [5, 5.41) is 64.7. The Morgan fingerprint density at radius 1 is 0.953 bits per heavy atom. The molecule has 12 heteroatoms. The lowest BCUT2D eigenvalue weighted by Crippen LogP contribution is -2.71. The first-order valence-corrected chi connectivity index (χ1v) is 14.5. The van der Waals surface area contributed by atoms with Crippen LogP contribution in [0.3, 0.4) is 0 Å². The van der Waals surface area contributed by atoms with E-state index in [1.807, 2.05) is 0 Å². The Balaban J connectivity index is 1.47. The number of carbonyl (C=O) groups is 3. The maximum atomic E-state index is 14.3. The van der Waals surface area contributed by atoms with Crippen molar-refractivity contribution in [3.8, 4) is 5.75 Å². The number of hydrogen-bond acceptors (Lipinski definition) is 12. The van der Waals surface area contributed by atoms with Crippen molar-refractivity contribution in [1.29, 1.82) is 0 Å². The molecule has 0 bridgehead atoms. The third-order valence-electron chi connectivity index (χ3n) is 9.46. The fourth-order valence-electron chi connectivity index (χ4n) is 7.25. The first-order chi connectivity index (χ1) is 20.1. The lowest BCUT2D eigenvalue weighted by molar-refractivity contribution is -0.282. The highest BCUT2D eigenvalue weighted by Crippen LogP contribution is 2.54. The molecule has 3 fully saturated rings. The molecule has 2 heterocycles. The summed E-state index contributed by atoms with van der Waals surface area (Å²) >= 11 is 0. The number of fused-ring (bicyclic) bond motifs is 3. The number of benzene rings is 1. The van der Waals surface area contributed by atoms with Gasteiger partial charge in [-0.3, -0.25) is 14.4 Å². The van der Waals surface area contributed by atoms with Crippen molar-refractivity contribution in [2.24, 2.45) is 0 Å². The molecule has 0 unspecified atom stereocenters. The molecule has 1 aromatic carbocycles. The smallest absolute Gasteiger partial charge is 0.198 e. The summed E-state index contributed by atoms with van der Waals surface area (Å²) in [6, 6.07) is 2.69. The average Bonchev–Trinajstić information content (AvgIpc) is 2.91. The largest absolute Gasteiger partial charge is 0.507 e. The molecule has 3 aliphatic carbocycles. The van der Waals surface area contributed by atoms with Crippen LogP contribution >= 0.6 is 0 Å². The van der Waals surface area contributed by atoms with Crippen LogP contribution in [0.25, 0.3) is 0 Å². The number of carbonyl (C=O) groups excluding carboxylic acids is 3. The van der Waals surface area contributed by atoms with Gasteiger partial charge in [0.05, 0.1) is 47.3 Å². The number of hydrogen-bond donors (Lipinski definition) is 6. The van der Waals surface area contributed by atoms with Crippen LogP contribution in [0.2, 0.25) is 0 Å². The second-order valence-electron chi connectivity index (χ2n) is 12.7. The molecular formula is C31H36O12. The van der Waals surface area contributed by atoms with Gasteiger partial charge in [0.15, 0.2) is 29.2 Å². The molecule has 232 valence electrons. The van der Waals surface area contributed by atoms with Gasteiger partial charge in [-0.2, -0.15) is 0 Å². The summed E-state index contributed by atoms with van der Waals surface area (Å²) in [5.41, 5.74) is -7.42. The Hall–Kier alpha value is -2.81. The Morgan fingerprint density at radius 3 is 2.35 bits per heavy atom. The molecule has 1 aromatic rings. The standard InChI is InChI=1S/C31H36O12/c1-13-18(32)6-7-22(42-13)43-31-21(34)11-29(3,39)12-30(31,40)9-8-17-24(31)28(38)16-5-4-15(26(36)23(16)27(17)37)20-10-19(33)25(35)14(2)41-20/h4-5,8-9,13-14,18-20,22,25,32-33,35-36,39-40H,6-7,10-12H2,1-3H3/t13-,14+,18-,19+,20+,22-,25+,29-,30-,31-/m0/s1. The average molecular weight is 601 g/mol. The Bertz CT molecular complexity index is 1450. The third-order valence-corrected chi connectivity index (χ3v) is 9.46. The third kappa shape index (κ3) is 4.46. The summed E-state index contributed by atoms with van der Waals surface area (Å²) in [4.78, 5) is 42.4. The van der Waals surface area contributed by atoms with Crippen molar-refractivity contribution in [2.75, 3.05) is 0 Å². The summed E-state index contributed by atoms with van der Waals surface area (Å²) in [6.45, 7) is 4.56. The summed E-state index contributed by atoms with van der Waals surface area (Å²) in [7, 11) is 0. The van der Waals surface area contributed by atoms with Gasteiger partial charge in [-0.05, 0) is 39.3 Å². The molecule has 0 aromatic heterocycles. The van der Waals surface area contributed by atoms with Crippen LogP contribution in [-0.4, -0.2) is 102 Å². The van der Waals surface area contributed by atoms with Gasteiger partial charge in [-0.25, -0.2) is 0 Å². The highest BCUT2D eigenvalue weighted by atomic mass is 16.7. The van der Waals surface area contributed by atoms with Crippen molar-refractivity contribution >= 4 is 17.3 Å². The topological polar surface area (TPSA) is 200 Å². The normalized spacial score (nSPS) is 42.9. The molecule has 0 amide bonds. The van der Waals surface area contributed by atoms with Crippen molar-refractivity contribution in [3.05, 3.63) is 52.1 Å². The van der Waals surface area contributed by atoms with Crippen LogP contribution in [-0.2, 0) is 19.0 Å². The van der Waals surface area contributed by atoms with Crippen molar-refractivity contribution in [2.45, 2.75) is 113 Å². The number of aliphatic hydroxyl groups excluding tert-OH is 3. The van der Waals surface area contributed by atoms with E-state index < -0.39 is 101 Å². The molecule has 2 aliphatic heterocycles. The number of phenolic OH excluding ortho intramolecular Hbond substituents is 1.